The van der Waals surface area contributed by atoms with Crippen molar-refractivity contribution in [1.82, 2.24) is 0 Å². The minimum atomic E-state index is -0.144. The van der Waals surface area contributed by atoms with Crippen LogP contribution in [0.5, 0.6) is 0 Å². The SMILES string of the molecule is COC1CC(O)CC([C@@H]2C[C@H]3CC[C@]2(C)C3(C)C)C1. The molecule has 0 aromatic rings. The lowest BCUT2D eigenvalue weighted by Gasteiger charge is -2.45. The van der Waals surface area contributed by atoms with Gasteiger partial charge in [0.15, 0.2) is 0 Å². The largest absolute Gasteiger partial charge is 0.393 e. The lowest BCUT2D eigenvalue weighted by Crippen LogP contribution is -2.41. The molecule has 0 spiro atoms. The van der Waals surface area contributed by atoms with Gasteiger partial charge >= 0.3 is 0 Å². The highest BCUT2D eigenvalue weighted by molar-refractivity contribution is 5.11. The quantitative estimate of drug-likeness (QED) is 0.827. The summed E-state index contributed by atoms with van der Waals surface area (Å²) in [5.41, 5.74) is 0.973. The fraction of sp³-hybridized carbons (Fsp3) is 1.00. The van der Waals surface area contributed by atoms with E-state index in [4.69, 9.17) is 4.74 Å². The number of hydrogen-bond acceptors (Lipinski definition) is 2. The van der Waals surface area contributed by atoms with E-state index < -0.39 is 0 Å². The summed E-state index contributed by atoms with van der Waals surface area (Å²) in [6.45, 7) is 7.49. The number of aliphatic hydroxyl groups excluding tert-OH is 1. The highest BCUT2D eigenvalue weighted by Crippen LogP contribution is 2.70. The van der Waals surface area contributed by atoms with Crippen molar-refractivity contribution in [2.75, 3.05) is 7.11 Å². The maximum Gasteiger partial charge on any atom is 0.0598 e. The second-order valence-electron chi connectivity index (χ2n) is 8.20. The first-order valence-electron chi connectivity index (χ1n) is 8.09. The van der Waals surface area contributed by atoms with Crippen LogP contribution in [0.3, 0.4) is 0 Å². The smallest absolute Gasteiger partial charge is 0.0598 e. The summed E-state index contributed by atoms with van der Waals surface area (Å²) in [4.78, 5) is 0. The molecule has 2 heteroatoms. The van der Waals surface area contributed by atoms with Gasteiger partial charge in [0.25, 0.3) is 0 Å². The monoisotopic (exact) mass is 266 g/mol. The van der Waals surface area contributed by atoms with Gasteiger partial charge in [-0.3, -0.25) is 0 Å². The molecule has 2 bridgehead atoms. The molecule has 0 amide bonds. The van der Waals surface area contributed by atoms with E-state index in [0.29, 0.717) is 16.7 Å². The van der Waals surface area contributed by atoms with Crippen molar-refractivity contribution >= 4 is 0 Å². The first-order valence-corrected chi connectivity index (χ1v) is 8.09. The van der Waals surface area contributed by atoms with E-state index >= 15 is 0 Å². The van der Waals surface area contributed by atoms with Gasteiger partial charge in [-0.25, -0.2) is 0 Å². The van der Waals surface area contributed by atoms with Crippen LogP contribution in [0.15, 0.2) is 0 Å². The molecule has 0 aromatic carbocycles. The molecule has 3 unspecified atom stereocenters. The molecule has 3 aliphatic rings. The van der Waals surface area contributed by atoms with E-state index in [1.807, 2.05) is 0 Å². The topological polar surface area (TPSA) is 29.5 Å². The van der Waals surface area contributed by atoms with E-state index in [2.05, 4.69) is 20.8 Å². The summed E-state index contributed by atoms with van der Waals surface area (Å²) >= 11 is 0. The first-order chi connectivity index (χ1) is 8.88. The zero-order valence-electron chi connectivity index (χ0n) is 13.0. The highest BCUT2D eigenvalue weighted by Gasteiger charge is 2.62. The van der Waals surface area contributed by atoms with Crippen LogP contribution in [0.2, 0.25) is 0 Å². The summed E-state index contributed by atoms with van der Waals surface area (Å²) < 4.78 is 5.56. The standard InChI is InChI=1S/C17H30O2/c1-16(2)12-5-6-17(16,3)15(9-12)11-7-13(18)10-14(8-11)19-4/h11-15,18H,5-10H2,1-4H3/t11?,12-,13?,14?,15+,17+/m1/s1. The van der Waals surface area contributed by atoms with Crippen molar-refractivity contribution in [1.29, 1.82) is 0 Å². The molecule has 110 valence electrons. The van der Waals surface area contributed by atoms with Crippen LogP contribution in [0.25, 0.3) is 0 Å². The van der Waals surface area contributed by atoms with Crippen molar-refractivity contribution in [2.45, 2.75) is 71.5 Å². The summed E-state index contributed by atoms with van der Waals surface area (Å²) in [6.07, 6.45) is 7.33. The van der Waals surface area contributed by atoms with Gasteiger partial charge in [-0.15, -0.1) is 0 Å². The number of ether oxygens (including phenoxy) is 1. The van der Waals surface area contributed by atoms with Crippen molar-refractivity contribution in [3.8, 4) is 0 Å². The summed E-state index contributed by atoms with van der Waals surface area (Å²) in [5.74, 6) is 2.37. The maximum absolute atomic E-state index is 10.1. The Balaban J connectivity index is 1.80. The molecule has 3 rings (SSSR count). The molecule has 3 saturated carbocycles. The molecule has 0 aliphatic heterocycles. The van der Waals surface area contributed by atoms with E-state index in [1.54, 1.807) is 7.11 Å². The maximum atomic E-state index is 10.1. The van der Waals surface area contributed by atoms with Crippen LogP contribution in [-0.2, 0) is 4.74 Å². The molecule has 0 radical (unpaired) electrons. The third-order valence-corrected chi connectivity index (χ3v) is 7.44. The Hall–Kier alpha value is -0.0800. The summed E-state index contributed by atoms with van der Waals surface area (Å²) in [7, 11) is 1.80. The zero-order chi connectivity index (χ0) is 13.8. The third-order valence-electron chi connectivity index (χ3n) is 7.44. The molecular formula is C17H30O2. The van der Waals surface area contributed by atoms with Crippen LogP contribution in [0.4, 0.5) is 0 Å². The van der Waals surface area contributed by atoms with Crippen molar-refractivity contribution < 1.29 is 9.84 Å². The Morgan fingerprint density at radius 3 is 2.32 bits per heavy atom. The molecule has 0 saturated heterocycles. The van der Waals surface area contributed by atoms with Gasteiger partial charge in [-0.05, 0) is 67.1 Å². The predicted octanol–water partition coefficient (Wildman–Crippen LogP) is 3.62. The normalized spacial score (nSPS) is 52.6. The predicted molar refractivity (Wildman–Crippen MR) is 76.9 cm³/mol. The van der Waals surface area contributed by atoms with Gasteiger partial charge in [-0.2, -0.15) is 0 Å². The highest BCUT2D eigenvalue weighted by atomic mass is 16.5. The van der Waals surface area contributed by atoms with Gasteiger partial charge in [0.05, 0.1) is 12.2 Å². The fourth-order valence-electron chi connectivity index (χ4n) is 5.78. The van der Waals surface area contributed by atoms with E-state index in [-0.39, 0.29) is 12.2 Å². The zero-order valence-corrected chi connectivity index (χ0v) is 13.0. The molecule has 3 aliphatic carbocycles. The Bertz CT molecular complexity index is 351. The van der Waals surface area contributed by atoms with Gasteiger partial charge in [0, 0.05) is 7.11 Å². The number of methoxy groups -OCH3 is 1. The Labute approximate surface area is 117 Å². The molecule has 1 N–H and O–H groups in total. The lowest BCUT2D eigenvalue weighted by molar-refractivity contribution is -0.0465. The van der Waals surface area contributed by atoms with Crippen LogP contribution in [0, 0.1) is 28.6 Å². The van der Waals surface area contributed by atoms with Crippen LogP contribution in [-0.4, -0.2) is 24.4 Å². The number of hydrogen-bond donors (Lipinski definition) is 1. The van der Waals surface area contributed by atoms with E-state index in [9.17, 15) is 5.11 Å². The summed E-state index contributed by atoms with van der Waals surface area (Å²) in [6, 6.07) is 0. The van der Waals surface area contributed by atoms with Crippen LogP contribution < -0.4 is 0 Å². The van der Waals surface area contributed by atoms with Gasteiger partial charge < -0.3 is 9.84 Å². The van der Waals surface area contributed by atoms with Crippen molar-refractivity contribution in [3.63, 3.8) is 0 Å². The average molecular weight is 266 g/mol. The Morgan fingerprint density at radius 2 is 1.79 bits per heavy atom. The summed E-state index contributed by atoms with van der Waals surface area (Å²) in [5, 5.41) is 10.1. The van der Waals surface area contributed by atoms with E-state index in [1.165, 1.54) is 19.3 Å². The van der Waals surface area contributed by atoms with Crippen molar-refractivity contribution in [3.05, 3.63) is 0 Å². The molecular weight excluding hydrogens is 236 g/mol. The van der Waals surface area contributed by atoms with Crippen LogP contribution >= 0.6 is 0 Å². The van der Waals surface area contributed by atoms with Gasteiger partial charge in [-0.1, -0.05) is 20.8 Å². The lowest BCUT2D eigenvalue weighted by atomic mass is 9.61. The number of fused-ring (bicyclic) bond motifs is 2. The molecule has 0 aromatic heterocycles. The second-order valence-corrected chi connectivity index (χ2v) is 8.20. The molecule has 2 nitrogen and oxygen atoms in total. The Morgan fingerprint density at radius 1 is 1.05 bits per heavy atom. The number of aliphatic hydroxyl groups is 1. The minimum Gasteiger partial charge on any atom is -0.393 e. The van der Waals surface area contributed by atoms with Gasteiger partial charge in [0.2, 0.25) is 0 Å². The molecule has 6 atom stereocenters. The van der Waals surface area contributed by atoms with E-state index in [0.717, 1.165) is 31.1 Å². The average Bonchev–Trinajstić information content (AvgIpc) is 2.70. The molecule has 0 heterocycles. The Kier molecular flexibility index (Phi) is 3.26. The fourth-order valence-corrected chi connectivity index (χ4v) is 5.78. The molecule has 19 heavy (non-hydrogen) atoms. The molecule has 3 fully saturated rings. The minimum absolute atomic E-state index is 0.144. The number of rotatable bonds is 2. The third kappa shape index (κ3) is 1.90. The van der Waals surface area contributed by atoms with Crippen molar-refractivity contribution in [2.24, 2.45) is 28.6 Å². The van der Waals surface area contributed by atoms with Crippen LogP contribution in [0.1, 0.15) is 59.3 Å². The first kappa shape index (κ1) is 13.9. The van der Waals surface area contributed by atoms with Gasteiger partial charge in [0.1, 0.15) is 0 Å². The second kappa shape index (κ2) is 4.46.